The molecule has 3 amide bonds. The quantitative estimate of drug-likeness (QED) is 0.384. The van der Waals surface area contributed by atoms with Crippen LogP contribution < -0.4 is 10.6 Å². The van der Waals surface area contributed by atoms with Crippen LogP contribution in [0.4, 0.5) is 31.1 Å². The van der Waals surface area contributed by atoms with Crippen LogP contribution >= 0.6 is 0 Å². The van der Waals surface area contributed by atoms with Gasteiger partial charge in [0.2, 0.25) is 0 Å². The lowest BCUT2D eigenvalue weighted by molar-refractivity contribution is -0.173. The summed E-state index contributed by atoms with van der Waals surface area (Å²) in [6.45, 7) is -0.693. The molecule has 0 aliphatic rings. The van der Waals surface area contributed by atoms with Gasteiger partial charge in [0.25, 0.3) is 0 Å². The highest BCUT2D eigenvalue weighted by Crippen LogP contribution is 2.15. The molecule has 7 nitrogen and oxygen atoms in total. The summed E-state index contributed by atoms with van der Waals surface area (Å²) in [5.74, 6) is -4.17. The Morgan fingerprint density at radius 1 is 0.781 bits per heavy atom. The lowest BCUT2D eigenvalue weighted by atomic mass is 10.2. The van der Waals surface area contributed by atoms with Gasteiger partial charge in [-0.2, -0.15) is 26.3 Å². The molecule has 0 spiro atoms. The van der Waals surface area contributed by atoms with E-state index in [2.05, 4.69) is 0 Å². The number of nitrogens with zero attached hydrogens (tertiary/aromatic N) is 1. The van der Waals surface area contributed by atoms with Crippen molar-refractivity contribution < 1.29 is 45.5 Å². The van der Waals surface area contributed by atoms with Crippen LogP contribution in [0.3, 0.4) is 0 Å². The largest absolute Gasteiger partial charge is 0.471 e. The van der Waals surface area contributed by atoms with Gasteiger partial charge in [0, 0.05) is 26.2 Å². The van der Waals surface area contributed by atoms with Crippen LogP contribution in [-0.4, -0.2) is 61.3 Å². The number of unbranched alkanes of at least 4 members (excludes halogenated alkanes) is 1. The molecule has 0 saturated carbocycles. The number of hydrogen-bond acceptors (Lipinski definition) is 4. The highest BCUT2D eigenvalue weighted by Gasteiger charge is 2.38. The van der Waals surface area contributed by atoms with Gasteiger partial charge in [-0.05, 0) is 24.8 Å². The molecule has 0 heterocycles. The summed E-state index contributed by atoms with van der Waals surface area (Å²) < 4.78 is 78.2. The zero-order chi connectivity index (χ0) is 24.2. The lowest BCUT2D eigenvalue weighted by Gasteiger charge is -2.22. The number of alkyl halides is 6. The molecule has 0 unspecified atom stereocenters. The van der Waals surface area contributed by atoms with E-state index in [4.69, 9.17) is 4.74 Å². The fourth-order valence-corrected chi connectivity index (χ4v) is 2.41. The normalized spacial score (nSPS) is 11.6. The first kappa shape index (κ1) is 27.0. The summed E-state index contributed by atoms with van der Waals surface area (Å²) in [7, 11) is 0. The van der Waals surface area contributed by atoms with Crippen molar-refractivity contribution in [1.29, 1.82) is 0 Å². The first-order chi connectivity index (χ1) is 14.9. The summed E-state index contributed by atoms with van der Waals surface area (Å²) in [6, 6.07) is 8.67. The van der Waals surface area contributed by atoms with Gasteiger partial charge >= 0.3 is 30.3 Å². The van der Waals surface area contributed by atoms with Crippen molar-refractivity contribution in [3.05, 3.63) is 35.9 Å². The van der Waals surface area contributed by atoms with Crippen LogP contribution in [0.25, 0.3) is 0 Å². The van der Waals surface area contributed by atoms with E-state index in [1.165, 1.54) is 4.90 Å². The predicted octanol–water partition coefficient (Wildman–Crippen LogP) is 3.15. The maximum atomic E-state index is 12.3. The van der Waals surface area contributed by atoms with Crippen molar-refractivity contribution in [2.24, 2.45) is 0 Å². The van der Waals surface area contributed by atoms with E-state index >= 15 is 0 Å². The van der Waals surface area contributed by atoms with Gasteiger partial charge in [-0.15, -0.1) is 0 Å². The average Bonchev–Trinajstić information content (AvgIpc) is 2.72. The molecule has 0 aromatic heterocycles. The number of benzene rings is 1. The lowest BCUT2D eigenvalue weighted by Crippen LogP contribution is -2.40. The molecular formula is C19H23F6N3O4. The second kappa shape index (κ2) is 12.8. The van der Waals surface area contributed by atoms with Crippen molar-refractivity contribution in [1.82, 2.24) is 15.5 Å². The minimum atomic E-state index is -5.02. The fourth-order valence-electron chi connectivity index (χ4n) is 2.41. The Bertz CT molecular complexity index is 741. The van der Waals surface area contributed by atoms with E-state index < -0.39 is 30.3 Å². The molecule has 0 atom stereocenters. The van der Waals surface area contributed by atoms with E-state index in [9.17, 15) is 40.7 Å². The summed E-state index contributed by atoms with van der Waals surface area (Å²) in [4.78, 5) is 35.1. The SMILES string of the molecule is O=C(OCc1ccccc1)N(CCCCNC(=O)C(F)(F)F)CCCNC(=O)C(F)(F)F. The maximum absolute atomic E-state index is 12.3. The third-order valence-electron chi connectivity index (χ3n) is 4.01. The molecular weight excluding hydrogens is 448 g/mol. The number of ether oxygens (including phenoxy) is 1. The van der Waals surface area contributed by atoms with Gasteiger partial charge in [-0.1, -0.05) is 30.3 Å². The third kappa shape index (κ3) is 10.9. The van der Waals surface area contributed by atoms with Gasteiger partial charge in [-0.25, -0.2) is 4.79 Å². The Morgan fingerprint density at radius 2 is 1.28 bits per heavy atom. The zero-order valence-corrected chi connectivity index (χ0v) is 16.9. The summed E-state index contributed by atoms with van der Waals surface area (Å²) in [5.41, 5.74) is 0.702. The Hall–Kier alpha value is -2.99. The molecule has 0 radical (unpaired) electrons. The van der Waals surface area contributed by atoms with Crippen molar-refractivity contribution in [2.75, 3.05) is 26.2 Å². The fraction of sp³-hybridized carbons (Fsp3) is 0.526. The van der Waals surface area contributed by atoms with Crippen LogP contribution in [0.2, 0.25) is 0 Å². The Balaban J connectivity index is 2.50. The van der Waals surface area contributed by atoms with Crippen LogP contribution in [-0.2, 0) is 20.9 Å². The molecule has 0 fully saturated rings. The van der Waals surface area contributed by atoms with Crippen LogP contribution in [0, 0.1) is 0 Å². The first-order valence-electron chi connectivity index (χ1n) is 9.57. The van der Waals surface area contributed by atoms with Crippen LogP contribution in [0.1, 0.15) is 24.8 Å². The van der Waals surface area contributed by atoms with Crippen molar-refractivity contribution in [2.45, 2.75) is 38.2 Å². The molecule has 180 valence electrons. The third-order valence-corrected chi connectivity index (χ3v) is 4.01. The topological polar surface area (TPSA) is 87.7 Å². The van der Waals surface area contributed by atoms with E-state index in [0.29, 0.717) is 5.56 Å². The molecule has 0 bridgehead atoms. The molecule has 13 heteroatoms. The number of hydrogen-bond donors (Lipinski definition) is 2. The standard InChI is InChI=1S/C19H23F6N3O4/c20-18(21,22)15(29)26-9-4-5-11-28(12-6-10-27-16(30)19(23,24)25)17(31)32-13-14-7-2-1-3-8-14/h1-3,7-8H,4-6,9-13H2,(H,26,29)(H,27,30). The van der Waals surface area contributed by atoms with Gasteiger partial charge in [0.1, 0.15) is 6.61 Å². The molecule has 1 aromatic carbocycles. The summed E-state index contributed by atoms with van der Waals surface area (Å²) in [6.07, 6.45) is -10.5. The van der Waals surface area contributed by atoms with Crippen LogP contribution in [0.15, 0.2) is 30.3 Å². The number of rotatable bonds is 11. The smallest absolute Gasteiger partial charge is 0.445 e. The van der Waals surface area contributed by atoms with Crippen molar-refractivity contribution in [3.63, 3.8) is 0 Å². The molecule has 1 aromatic rings. The van der Waals surface area contributed by atoms with E-state index in [0.717, 1.165) is 0 Å². The predicted molar refractivity (Wildman–Crippen MR) is 100 cm³/mol. The molecule has 0 saturated heterocycles. The van der Waals surface area contributed by atoms with E-state index in [1.54, 1.807) is 41.0 Å². The monoisotopic (exact) mass is 471 g/mol. The maximum Gasteiger partial charge on any atom is 0.471 e. The minimum Gasteiger partial charge on any atom is -0.445 e. The molecule has 1 rings (SSSR count). The Morgan fingerprint density at radius 3 is 1.81 bits per heavy atom. The molecule has 32 heavy (non-hydrogen) atoms. The summed E-state index contributed by atoms with van der Waals surface area (Å²) >= 11 is 0. The average molecular weight is 471 g/mol. The second-order valence-corrected chi connectivity index (χ2v) is 6.60. The van der Waals surface area contributed by atoms with Crippen molar-refractivity contribution in [3.8, 4) is 0 Å². The van der Waals surface area contributed by atoms with Gasteiger partial charge in [0.15, 0.2) is 0 Å². The Labute approximate surface area is 180 Å². The van der Waals surface area contributed by atoms with Crippen molar-refractivity contribution >= 4 is 17.9 Å². The van der Waals surface area contributed by atoms with Gasteiger partial charge < -0.3 is 20.3 Å². The second-order valence-electron chi connectivity index (χ2n) is 6.60. The Kier molecular flexibility index (Phi) is 10.8. The highest BCUT2D eigenvalue weighted by molar-refractivity contribution is 5.81. The number of nitrogens with one attached hydrogen (secondary N) is 2. The zero-order valence-electron chi connectivity index (χ0n) is 16.9. The summed E-state index contributed by atoms with van der Waals surface area (Å²) in [5, 5.41) is 3.38. The molecule has 0 aliphatic carbocycles. The molecule has 2 N–H and O–H groups in total. The van der Waals surface area contributed by atoms with Gasteiger partial charge in [-0.3, -0.25) is 9.59 Å². The van der Waals surface area contributed by atoms with E-state index in [1.807, 2.05) is 0 Å². The molecule has 0 aliphatic heterocycles. The minimum absolute atomic E-state index is 0.00688. The first-order valence-corrected chi connectivity index (χ1v) is 9.57. The van der Waals surface area contributed by atoms with Gasteiger partial charge in [0.05, 0.1) is 0 Å². The number of halogens is 6. The number of carbonyl (C=O) groups excluding carboxylic acids is 3. The van der Waals surface area contributed by atoms with Crippen LogP contribution in [0.5, 0.6) is 0 Å². The highest BCUT2D eigenvalue weighted by atomic mass is 19.4. The van der Waals surface area contributed by atoms with E-state index in [-0.39, 0.29) is 52.0 Å². The number of amides is 3. The number of carbonyl (C=O) groups is 3.